The average Bonchev–Trinajstić information content (AvgIpc) is 2.98. The van der Waals surface area contributed by atoms with Crippen LogP contribution in [0.1, 0.15) is 11.8 Å². The van der Waals surface area contributed by atoms with E-state index in [-0.39, 0.29) is 22.9 Å². The third-order valence-electron chi connectivity index (χ3n) is 3.31. The molecule has 0 aliphatic carbocycles. The van der Waals surface area contributed by atoms with Gasteiger partial charge in [0, 0.05) is 24.0 Å². The second kappa shape index (κ2) is 6.75. The van der Waals surface area contributed by atoms with Crippen LogP contribution in [0.3, 0.4) is 0 Å². The van der Waals surface area contributed by atoms with Gasteiger partial charge >= 0.3 is 0 Å². The molecule has 0 bridgehead atoms. The lowest BCUT2D eigenvalue weighted by molar-refractivity contribution is -0.114. The van der Waals surface area contributed by atoms with Crippen molar-refractivity contribution in [3.05, 3.63) is 51.9 Å². The molecule has 25 heavy (non-hydrogen) atoms. The molecule has 1 aromatic carbocycles. The molecule has 0 spiro atoms. The first-order valence-corrected chi connectivity index (χ1v) is 9.48. The number of benzene rings is 1. The highest BCUT2D eigenvalue weighted by atomic mass is 32.2. The Bertz CT molecular complexity index is 1080. The highest BCUT2D eigenvalue weighted by molar-refractivity contribution is 7.89. The SMILES string of the molecule is CC(=O)Nc1ccc(S(=O)(=O)NCc2cc3c(=O)[nH]cnc3s2)cc1. The maximum Gasteiger partial charge on any atom is 0.259 e. The van der Waals surface area contributed by atoms with Crippen LogP contribution in [0, 0.1) is 0 Å². The van der Waals surface area contributed by atoms with Crippen molar-refractivity contribution in [1.29, 1.82) is 0 Å². The number of nitrogens with zero attached hydrogens (tertiary/aromatic N) is 1. The van der Waals surface area contributed by atoms with Gasteiger partial charge in [0.15, 0.2) is 0 Å². The molecule has 2 aromatic heterocycles. The van der Waals surface area contributed by atoms with Crippen LogP contribution in [-0.2, 0) is 21.4 Å². The quantitative estimate of drug-likeness (QED) is 0.620. The first-order chi connectivity index (χ1) is 11.8. The molecular weight excluding hydrogens is 364 g/mol. The van der Waals surface area contributed by atoms with Gasteiger partial charge in [-0.3, -0.25) is 9.59 Å². The van der Waals surface area contributed by atoms with Crippen LogP contribution in [0.4, 0.5) is 5.69 Å². The Kier molecular flexibility index (Phi) is 4.66. The smallest absolute Gasteiger partial charge is 0.259 e. The standard InChI is InChI=1S/C15H14N4O4S2/c1-9(20)19-10-2-4-12(5-3-10)25(22,23)18-7-11-6-13-14(21)16-8-17-15(13)24-11/h2-6,8,18H,7H2,1H3,(H,19,20)(H,16,17,21). The summed E-state index contributed by atoms with van der Waals surface area (Å²) >= 11 is 1.25. The Balaban J connectivity index is 1.75. The Morgan fingerprint density at radius 1 is 1.28 bits per heavy atom. The maximum atomic E-state index is 12.3. The number of aromatic nitrogens is 2. The van der Waals surface area contributed by atoms with Crippen LogP contribution in [0.25, 0.3) is 10.2 Å². The molecule has 0 saturated carbocycles. The Morgan fingerprint density at radius 3 is 2.64 bits per heavy atom. The molecule has 10 heteroatoms. The summed E-state index contributed by atoms with van der Waals surface area (Å²) in [6.45, 7) is 1.42. The Morgan fingerprint density at radius 2 is 2.00 bits per heavy atom. The molecular formula is C15H14N4O4S2. The molecule has 3 aromatic rings. The van der Waals surface area contributed by atoms with Crippen molar-refractivity contribution in [2.24, 2.45) is 0 Å². The van der Waals surface area contributed by atoms with Gasteiger partial charge in [0.05, 0.1) is 16.6 Å². The molecule has 0 saturated heterocycles. The van der Waals surface area contributed by atoms with Crippen LogP contribution < -0.4 is 15.6 Å². The summed E-state index contributed by atoms with van der Waals surface area (Å²) in [5, 5.41) is 3.00. The molecule has 2 heterocycles. The predicted molar refractivity (Wildman–Crippen MR) is 95.0 cm³/mol. The molecule has 0 aliphatic rings. The van der Waals surface area contributed by atoms with Gasteiger partial charge in [-0.1, -0.05) is 0 Å². The number of hydrogen-bond donors (Lipinski definition) is 3. The van der Waals surface area contributed by atoms with Gasteiger partial charge in [0.25, 0.3) is 5.56 Å². The molecule has 3 rings (SSSR count). The van der Waals surface area contributed by atoms with Crippen molar-refractivity contribution in [2.45, 2.75) is 18.4 Å². The van der Waals surface area contributed by atoms with E-state index in [2.05, 4.69) is 20.0 Å². The van der Waals surface area contributed by atoms with E-state index in [1.165, 1.54) is 48.9 Å². The van der Waals surface area contributed by atoms with Gasteiger partial charge < -0.3 is 10.3 Å². The van der Waals surface area contributed by atoms with Crippen molar-refractivity contribution >= 4 is 43.2 Å². The van der Waals surface area contributed by atoms with Gasteiger partial charge in [-0.25, -0.2) is 18.1 Å². The highest BCUT2D eigenvalue weighted by Crippen LogP contribution is 2.21. The van der Waals surface area contributed by atoms with E-state index in [1.54, 1.807) is 6.07 Å². The monoisotopic (exact) mass is 378 g/mol. The second-order valence-corrected chi connectivity index (χ2v) is 8.08. The van der Waals surface area contributed by atoms with Gasteiger partial charge in [-0.15, -0.1) is 11.3 Å². The minimum atomic E-state index is -3.71. The molecule has 1 amide bonds. The lowest BCUT2D eigenvalue weighted by Gasteiger charge is -2.07. The van der Waals surface area contributed by atoms with Crippen LogP contribution >= 0.6 is 11.3 Å². The molecule has 0 radical (unpaired) electrons. The number of carbonyl (C=O) groups excluding carboxylic acids is 1. The van der Waals surface area contributed by atoms with E-state index < -0.39 is 10.0 Å². The van der Waals surface area contributed by atoms with E-state index in [1.807, 2.05) is 0 Å². The van der Waals surface area contributed by atoms with Crippen molar-refractivity contribution in [3.8, 4) is 0 Å². The lowest BCUT2D eigenvalue weighted by atomic mass is 10.3. The summed E-state index contributed by atoms with van der Waals surface area (Å²) < 4.78 is 27.2. The number of fused-ring (bicyclic) bond motifs is 1. The van der Waals surface area contributed by atoms with Crippen molar-refractivity contribution in [2.75, 3.05) is 5.32 Å². The van der Waals surface area contributed by atoms with E-state index in [4.69, 9.17) is 0 Å². The van der Waals surface area contributed by atoms with Crippen molar-refractivity contribution in [3.63, 3.8) is 0 Å². The molecule has 0 aliphatic heterocycles. The molecule has 0 atom stereocenters. The molecule has 0 fully saturated rings. The summed E-state index contributed by atoms with van der Waals surface area (Å²) in [6.07, 6.45) is 1.31. The fourth-order valence-electron chi connectivity index (χ4n) is 2.17. The van der Waals surface area contributed by atoms with E-state index in [9.17, 15) is 18.0 Å². The summed E-state index contributed by atoms with van der Waals surface area (Å²) in [5.41, 5.74) is 0.255. The van der Waals surface area contributed by atoms with Gasteiger partial charge in [0.2, 0.25) is 15.9 Å². The largest absolute Gasteiger partial charge is 0.326 e. The number of hydrogen-bond acceptors (Lipinski definition) is 6. The number of rotatable bonds is 5. The fraction of sp³-hybridized carbons (Fsp3) is 0.133. The van der Waals surface area contributed by atoms with E-state index in [0.717, 1.165) is 0 Å². The predicted octanol–water partition coefficient (Wildman–Crippen LogP) is 1.42. The number of thiophene rings is 1. The van der Waals surface area contributed by atoms with Crippen molar-refractivity contribution < 1.29 is 13.2 Å². The second-order valence-electron chi connectivity index (χ2n) is 5.19. The summed E-state index contributed by atoms with van der Waals surface area (Å²) in [4.78, 5) is 30.5. The maximum absolute atomic E-state index is 12.3. The van der Waals surface area contributed by atoms with Crippen LogP contribution in [0.5, 0.6) is 0 Å². The molecule has 3 N–H and O–H groups in total. The average molecular weight is 378 g/mol. The Hall–Kier alpha value is -2.56. The third kappa shape index (κ3) is 3.92. The topological polar surface area (TPSA) is 121 Å². The van der Waals surface area contributed by atoms with Crippen LogP contribution in [-0.4, -0.2) is 24.3 Å². The van der Waals surface area contributed by atoms with Crippen LogP contribution in [0.15, 0.2) is 46.3 Å². The fourth-order valence-corrected chi connectivity index (χ4v) is 4.21. The number of aromatic amines is 1. The van der Waals surface area contributed by atoms with E-state index in [0.29, 0.717) is 20.8 Å². The zero-order valence-electron chi connectivity index (χ0n) is 13.1. The minimum absolute atomic E-state index is 0.0518. The molecule has 8 nitrogen and oxygen atoms in total. The first kappa shape index (κ1) is 17.3. The van der Waals surface area contributed by atoms with Gasteiger partial charge in [-0.05, 0) is 30.3 Å². The number of carbonyl (C=O) groups is 1. The number of sulfonamides is 1. The number of amides is 1. The first-order valence-electron chi connectivity index (χ1n) is 7.18. The lowest BCUT2D eigenvalue weighted by Crippen LogP contribution is -2.22. The minimum Gasteiger partial charge on any atom is -0.326 e. The van der Waals surface area contributed by atoms with Gasteiger partial charge in [-0.2, -0.15) is 0 Å². The Labute approximate surface area is 147 Å². The molecule has 0 unspecified atom stereocenters. The highest BCUT2D eigenvalue weighted by Gasteiger charge is 2.15. The third-order valence-corrected chi connectivity index (χ3v) is 5.77. The normalized spacial score (nSPS) is 11.6. The molecule has 130 valence electrons. The number of H-pyrrole nitrogens is 1. The summed E-state index contributed by atoms with van der Waals surface area (Å²) in [5.74, 6) is -0.234. The summed E-state index contributed by atoms with van der Waals surface area (Å²) in [6, 6.07) is 7.46. The zero-order chi connectivity index (χ0) is 18.0. The van der Waals surface area contributed by atoms with Crippen molar-refractivity contribution in [1.82, 2.24) is 14.7 Å². The van der Waals surface area contributed by atoms with E-state index >= 15 is 0 Å². The summed E-state index contributed by atoms with van der Waals surface area (Å²) in [7, 11) is -3.71. The van der Waals surface area contributed by atoms with Crippen LogP contribution in [0.2, 0.25) is 0 Å². The van der Waals surface area contributed by atoms with Gasteiger partial charge in [0.1, 0.15) is 4.83 Å². The zero-order valence-corrected chi connectivity index (χ0v) is 14.7. The number of anilines is 1. The number of nitrogens with one attached hydrogen (secondary N) is 3.